The van der Waals surface area contributed by atoms with Gasteiger partial charge in [-0.25, -0.2) is 8.78 Å². The quantitative estimate of drug-likeness (QED) is 0.416. The summed E-state index contributed by atoms with van der Waals surface area (Å²) in [6, 6.07) is 13.5. The number of anilines is 1. The lowest BCUT2D eigenvalue weighted by Gasteiger charge is -2.25. The highest BCUT2D eigenvalue weighted by molar-refractivity contribution is 6.51. The topological polar surface area (TPSA) is 70.5 Å². The molecule has 2 heterocycles. The van der Waals surface area contributed by atoms with Gasteiger partial charge in [0.15, 0.2) is 11.6 Å². The van der Waals surface area contributed by atoms with Gasteiger partial charge in [0.25, 0.3) is 11.7 Å². The smallest absolute Gasteiger partial charge is 0.300 e. The zero-order valence-corrected chi connectivity index (χ0v) is 14.9. The summed E-state index contributed by atoms with van der Waals surface area (Å²) in [6.07, 6.45) is 2.88. The van der Waals surface area contributed by atoms with Crippen LogP contribution in [0.1, 0.15) is 17.2 Å². The van der Waals surface area contributed by atoms with Gasteiger partial charge >= 0.3 is 0 Å². The van der Waals surface area contributed by atoms with E-state index in [9.17, 15) is 23.5 Å². The van der Waals surface area contributed by atoms with Crippen molar-refractivity contribution in [3.8, 4) is 0 Å². The zero-order valence-electron chi connectivity index (χ0n) is 14.9. The van der Waals surface area contributed by atoms with Crippen LogP contribution >= 0.6 is 0 Å². The van der Waals surface area contributed by atoms with Gasteiger partial charge in [-0.05, 0) is 29.8 Å². The molecule has 1 fully saturated rings. The lowest BCUT2D eigenvalue weighted by molar-refractivity contribution is -0.132. The molecule has 29 heavy (non-hydrogen) atoms. The molecule has 7 heteroatoms. The van der Waals surface area contributed by atoms with Crippen LogP contribution in [0.5, 0.6) is 0 Å². The summed E-state index contributed by atoms with van der Waals surface area (Å²) in [5, 5.41) is 10.8. The van der Waals surface area contributed by atoms with Crippen LogP contribution in [-0.2, 0) is 9.59 Å². The van der Waals surface area contributed by atoms with Crippen LogP contribution in [0, 0.1) is 11.6 Å². The fourth-order valence-corrected chi connectivity index (χ4v) is 3.35. The fraction of sp³-hybridized carbons (Fsp3) is 0.0455. The third-order valence-corrected chi connectivity index (χ3v) is 4.69. The Hall–Kier alpha value is -3.87. The predicted octanol–water partition coefficient (Wildman–Crippen LogP) is 3.99. The van der Waals surface area contributed by atoms with Gasteiger partial charge in [0.05, 0.1) is 11.6 Å². The standard InChI is InChI=1S/C22H14F2N2O3/c23-16-7-6-15(12-17(16)24)26-19(13-4-2-1-3-5-13)18(21(28)22(26)29)20(27)14-8-10-25-11-9-14/h1-12,19,27H/b20-18+. The predicted molar refractivity (Wildman–Crippen MR) is 102 cm³/mol. The minimum absolute atomic E-state index is 0.00799. The average molecular weight is 392 g/mol. The molecule has 1 unspecified atom stereocenters. The van der Waals surface area contributed by atoms with Gasteiger partial charge in [-0.15, -0.1) is 0 Å². The molecule has 0 aliphatic carbocycles. The van der Waals surface area contributed by atoms with E-state index in [0.29, 0.717) is 11.1 Å². The molecule has 5 nitrogen and oxygen atoms in total. The van der Waals surface area contributed by atoms with Crippen molar-refractivity contribution in [3.63, 3.8) is 0 Å². The van der Waals surface area contributed by atoms with Crippen LogP contribution in [0.3, 0.4) is 0 Å². The monoisotopic (exact) mass is 392 g/mol. The van der Waals surface area contributed by atoms with Crippen LogP contribution in [0.2, 0.25) is 0 Å². The lowest BCUT2D eigenvalue weighted by Crippen LogP contribution is -2.29. The molecule has 1 atom stereocenters. The summed E-state index contributed by atoms with van der Waals surface area (Å²) in [6.45, 7) is 0. The number of amides is 1. The van der Waals surface area contributed by atoms with Gasteiger partial charge in [0.1, 0.15) is 5.76 Å². The van der Waals surface area contributed by atoms with Gasteiger partial charge in [-0.2, -0.15) is 0 Å². The maximum atomic E-state index is 13.8. The second-order valence-corrected chi connectivity index (χ2v) is 6.41. The van der Waals surface area contributed by atoms with Crippen LogP contribution in [0.25, 0.3) is 5.76 Å². The molecule has 2 aromatic carbocycles. The molecule has 0 radical (unpaired) electrons. The Bertz CT molecular complexity index is 1130. The van der Waals surface area contributed by atoms with Crippen LogP contribution in [0.15, 0.2) is 78.6 Å². The summed E-state index contributed by atoms with van der Waals surface area (Å²) < 4.78 is 27.2. The van der Waals surface area contributed by atoms with Crippen molar-refractivity contribution < 1.29 is 23.5 Å². The molecule has 4 rings (SSSR count). The van der Waals surface area contributed by atoms with Crippen LogP contribution in [-0.4, -0.2) is 21.8 Å². The second kappa shape index (κ2) is 7.27. The summed E-state index contributed by atoms with van der Waals surface area (Å²) in [4.78, 5) is 30.6. The Morgan fingerprint density at radius 2 is 1.62 bits per heavy atom. The Morgan fingerprint density at radius 1 is 0.931 bits per heavy atom. The molecular weight excluding hydrogens is 378 g/mol. The number of pyridine rings is 1. The van der Waals surface area contributed by atoms with E-state index in [-0.39, 0.29) is 17.0 Å². The van der Waals surface area contributed by atoms with Crippen molar-refractivity contribution in [3.05, 3.63) is 101 Å². The number of carbonyl (C=O) groups is 2. The van der Waals surface area contributed by atoms with Gasteiger partial charge in [-0.1, -0.05) is 30.3 Å². The number of ketones is 1. The van der Waals surface area contributed by atoms with E-state index in [0.717, 1.165) is 17.0 Å². The van der Waals surface area contributed by atoms with E-state index < -0.39 is 29.4 Å². The van der Waals surface area contributed by atoms with Gasteiger partial charge in [0.2, 0.25) is 0 Å². The number of aliphatic hydroxyl groups excluding tert-OH is 1. The second-order valence-electron chi connectivity index (χ2n) is 6.41. The minimum atomic E-state index is -1.15. The molecular formula is C22H14F2N2O3. The number of rotatable bonds is 3. The van der Waals surface area contributed by atoms with Crippen LogP contribution < -0.4 is 4.90 Å². The molecule has 0 spiro atoms. The number of halogens is 2. The van der Waals surface area contributed by atoms with E-state index >= 15 is 0 Å². The first-order chi connectivity index (χ1) is 14.0. The maximum absolute atomic E-state index is 13.8. The third kappa shape index (κ3) is 3.16. The number of aliphatic hydroxyl groups is 1. The zero-order chi connectivity index (χ0) is 20.5. The van der Waals surface area contributed by atoms with Crippen molar-refractivity contribution in [1.29, 1.82) is 0 Å². The molecule has 0 bridgehead atoms. The molecule has 1 N–H and O–H groups in total. The van der Waals surface area contributed by atoms with Gasteiger partial charge in [0, 0.05) is 29.7 Å². The number of Topliss-reactive ketones (excluding diaryl/α,β-unsaturated/α-hetero) is 1. The Morgan fingerprint density at radius 3 is 2.28 bits per heavy atom. The minimum Gasteiger partial charge on any atom is -0.507 e. The van der Waals surface area contributed by atoms with E-state index in [1.165, 1.54) is 30.6 Å². The first kappa shape index (κ1) is 18.5. The first-order valence-electron chi connectivity index (χ1n) is 8.70. The van der Waals surface area contributed by atoms with Crippen molar-refractivity contribution in [2.45, 2.75) is 6.04 Å². The number of hydrogen-bond acceptors (Lipinski definition) is 4. The third-order valence-electron chi connectivity index (χ3n) is 4.69. The average Bonchev–Trinajstić information content (AvgIpc) is 3.02. The number of aromatic nitrogens is 1. The Kier molecular flexibility index (Phi) is 4.64. The summed E-state index contributed by atoms with van der Waals surface area (Å²) in [5.41, 5.74) is 0.710. The Balaban J connectivity index is 1.95. The largest absolute Gasteiger partial charge is 0.507 e. The van der Waals surface area contributed by atoms with Gasteiger partial charge in [-0.3, -0.25) is 19.5 Å². The summed E-state index contributed by atoms with van der Waals surface area (Å²) in [7, 11) is 0. The maximum Gasteiger partial charge on any atom is 0.300 e. The van der Waals surface area contributed by atoms with Crippen LogP contribution in [0.4, 0.5) is 14.5 Å². The Labute approximate surface area is 164 Å². The highest BCUT2D eigenvalue weighted by Gasteiger charge is 2.47. The van der Waals surface area contributed by atoms with Crippen molar-refractivity contribution in [2.24, 2.45) is 0 Å². The van der Waals surface area contributed by atoms with Crippen molar-refractivity contribution in [1.82, 2.24) is 4.98 Å². The highest BCUT2D eigenvalue weighted by atomic mass is 19.2. The van der Waals surface area contributed by atoms with Crippen molar-refractivity contribution in [2.75, 3.05) is 4.90 Å². The molecule has 3 aromatic rings. The number of nitrogens with zero attached hydrogens (tertiary/aromatic N) is 2. The summed E-state index contributed by atoms with van der Waals surface area (Å²) in [5.74, 6) is -4.45. The highest BCUT2D eigenvalue weighted by Crippen LogP contribution is 2.42. The molecule has 1 aliphatic rings. The van der Waals surface area contributed by atoms with Crippen molar-refractivity contribution >= 4 is 23.1 Å². The molecule has 1 saturated heterocycles. The number of hydrogen-bond donors (Lipinski definition) is 1. The SMILES string of the molecule is O=C1C(=O)N(c2ccc(F)c(F)c2)C(c2ccccc2)/C1=C(\O)c1ccncc1. The van der Waals surface area contributed by atoms with E-state index in [1.54, 1.807) is 30.3 Å². The van der Waals surface area contributed by atoms with Gasteiger partial charge < -0.3 is 5.11 Å². The van der Waals surface area contributed by atoms with E-state index in [4.69, 9.17) is 0 Å². The first-order valence-corrected chi connectivity index (χ1v) is 8.70. The molecule has 1 aliphatic heterocycles. The normalized spacial score (nSPS) is 18.3. The molecule has 0 saturated carbocycles. The summed E-state index contributed by atoms with van der Waals surface area (Å²) >= 11 is 0. The van der Waals surface area contributed by atoms with E-state index in [2.05, 4.69) is 4.98 Å². The molecule has 1 amide bonds. The lowest BCUT2D eigenvalue weighted by atomic mass is 9.95. The molecule has 1 aromatic heterocycles. The molecule has 144 valence electrons. The fourth-order valence-electron chi connectivity index (χ4n) is 3.35. The van der Waals surface area contributed by atoms with E-state index in [1.807, 2.05) is 0 Å². The number of carbonyl (C=O) groups excluding carboxylic acids is 2. The number of benzene rings is 2.